The number of anilines is 1. The SMILES string of the molecule is CC(C)c1c(N)ncnc1Oc1ccc(F)cc1Cl. The largest absolute Gasteiger partial charge is 0.437 e. The van der Waals surface area contributed by atoms with Gasteiger partial charge >= 0.3 is 0 Å². The summed E-state index contributed by atoms with van der Waals surface area (Å²) in [6, 6.07) is 3.89. The molecule has 0 fully saturated rings. The molecule has 0 aliphatic carbocycles. The third-order valence-corrected chi connectivity index (χ3v) is 2.85. The molecule has 0 aliphatic rings. The van der Waals surface area contributed by atoms with Gasteiger partial charge in [-0.3, -0.25) is 0 Å². The van der Waals surface area contributed by atoms with Crippen molar-refractivity contribution in [2.24, 2.45) is 0 Å². The van der Waals surface area contributed by atoms with Gasteiger partial charge in [0.15, 0.2) is 0 Å². The van der Waals surface area contributed by atoms with Crippen LogP contribution in [0.2, 0.25) is 5.02 Å². The van der Waals surface area contributed by atoms with Crippen LogP contribution in [0.25, 0.3) is 0 Å². The summed E-state index contributed by atoms with van der Waals surface area (Å²) >= 11 is 5.91. The minimum absolute atomic E-state index is 0.0930. The Kier molecular flexibility index (Phi) is 3.85. The van der Waals surface area contributed by atoms with Crippen LogP contribution in [0.4, 0.5) is 10.2 Å². The molecule has 1 aromatic heterocycles. The lowest BCUT2D eigenvalue weighted by molar-refractivity contribution is 0.450. The van der Waals surface area contributed by atoms with Crippen LogP contribution < -0.4 is 10.5 Å². The second-order valence-corrected chi connectivity index (χ2v) is 4.72. The van der Waals surface area contributed by atoms with Crippen molar-refractivity contribution in [3.63, 3.8) is 0 Å². The third kappa shape index (κ3) is 2.93. The number of benzene rings is 1. The first-order valence-electron chi connectivity index (χ1n) is 5.72. The third-order valence-electron chi connectivity index (χ3n) is 2.56. The average Bonchev–Trinajstić information content (AvgIpc) is 2.32. The van der Waals surface area contributed by atoms with E-state index >= 15 is 0 Å². The van der Waals surface area contributed by atoms with E-state index in [1.54, 1.807) is 0 Å². The number of hydrogen-bond acceptors (Lipinski definition) is 4. The number of ether oxygens (including phenoxy) is 1. The summed E-state index contributed by atoms with van der Waals surface area (Å²) in [7, 11) is 0. The quantitative estimate of drug-likeness (QED) is 0.930. The Hall–Kier alpha value is -1.88. The normalized spacial score (nSPS) is 10.8. The van der Waals surface area contributed by atoms with Crippen LogP contribution in [0.3, 0.4) is 0 Å². The van der Waals surface area contributed by atoms with Crippen LogP contribution in [0, 0.1) is 5.82 Å². The Morgan fingerprint density at radius 1 is 1.32 bits per heavy atom. The molecule has 0 saturated carbocycles. The van der Waals surface area contributed by atoms with Crippen molar-refractivity contribution in [1.29, 1.82) is 0 Å². The van der Waals surface area contributed by atoms with Crippen LogP contribution in [0.15, 0.2) is 24.5 Å². The number of halogens is 2. The Morgan fingerprint density at radius 3 is 2.68 bits per heavy atom. The molecule has 6 heteroatoms. The first-order valence-corrected chi connectivity index (χ1v) is 6.10. The van der Waals surface area contributed by atoms with E-state index in [1.807, 2.05) is 13.8 Å². The van der Waals surface area contributed by atoms with Gasteiger partial charge < -0.3 is 10.5 Å². The fraction of sp³-hybridized carbons (Fsp3) is 0.231. The van der Waals surface area contributed by atoms with E-state index in [0.29, 0.717) is 23.0 Å². The van der Waals surface area contributed by atoms with Gasteiger partial charge in [-0.2, -0.15) is 0 Å². The molecule has 0 bridgehead atoms. The molecule has 0 saturated heterocycles. The topological polar surface area (TPSA) is 61.0 Å². The number of nitrogens with zero attached hydrogens (tertiary/aromatic N) is 2. The van der Waals surface area contributed by atoms with Gasteiger partial charge in [0.1, 0.15) is 23.7 Å². The van der Waals surface area contributed by atoms with Crippen molar-refractivity contribution in [3.8, 4) is 11.6 Å². The van der Waals surface area contributed by atoms with Gasteiger partial charge in [-0.25, -0.2) is 14.4 Å². The molecule has 2 N–H and O–H groups in total. The van der Waals surface area contributed by atoms with Crippen molar-refractivity contribution in [2.75, 3.05) is 5.73 Å². The molecule has 1 heterocycles. The zero-order valence-corrected chi connectivity index (χ0v) is 11.3. The Bertz CT molecular complexity index is 604. The first kappa shape index (κ1) is 13.5. The summed E-state index contributed by atoms with van der Waals surface area (Å²) in [6.07, 6.45) is 1.31. The van der Waals surface area contributed by atoms with E-state index in [0.717, 1.165) is 0 Å². The maximum Gasteiger partial charge on any atom is 0.227 e. The summed E-state index contributed by atoms with van der Waals surface area (Å²) in [4.78, 5) is 7.99. The Labute approximate surface area is 115 Å². The lowest BCUT2D eigenvalue weighted by Gasteiger charge is -2.14. The lowest BCUT2D eigenvalue weighted by atomic mass is 10.1. The summed E-state index contributed by atoms with van der Waals surface area (Å²) in [6.45, 7) is 3.91. The van der Waals surface area contributed by atoms with Gasteiger partial charge in [0, 0.05) is 0 Å². The van der Waals surface area contributed by atoms with E-state index in [9.17, 15) is 4.39 Å². The fourth-order valence-electron chi connectivity index (χ4n) is 1.68. The molecule has 2 rings (SSSR count). The molecule has 0 aliphatic heterocycles. The number of nitrogens with two attached hydrogens (primary N) is 1. The monoisotopic (exact) mass is 281 g/mol. The molecular formula is C13H13ClFN3O. The van der Waals surface area contributed by atoms with Gasteiger partial charge in [0.2, 0.25) is 5.88 Å². The molecule has 19 heavy (non-hydrogen) atoms. The maximum atomic E-state index is 13.0. The maximum absolute atomic E-state index is 13.0. The highest BCUT2D eigenvalue weighted by Gasteiger charge is 2.16. The predicted molar refractivity (Wildman–Crippen MR) is 72.0 cm³/mol. The van der Waals surface area contributed by atoms with Gasteiger partial charge in [-0.15, -0.1) is 0 Å². The van der Waals surface area contributed by atoms with Crippen molar-refractivity contribution < 1.29 is 9.13 Å². The van der Waals surface area contributed by atoms with Crippen LogP contribution in [-0.4, -0.2) is 9.97 Å². The van der Waals surface area contributed by atoms with Gasteiger partial charge in [0.25, 0.3) is 0 Å². The standard InChI is InChI=1S/C13H13ClFN3O/c1-7(2)11-12(16)17-6-18-13(11)19-10-4-3-8(15)5-9(10)14/h3-7H,1-2H3,(H2,16,17,18). The van der Waals surface area contributed by atoms with Crippen molar-refractivity contribution in [1.82, 2.24) is 9.97 Å². The summed E-state index contributed by atoms with van der Waals surface area (Å²) in [5.41, 5.74) is 6.51. The van der Waals surface area contributed by atoms with Gasteiger partial charge in [-0.05, 0) is 24.1 Å². The number of nitrogen functional groups attached to an aromatic ring is 1. The number of rotatable bonds is 3. The number of aromatic nitrogens is 2. The summed E-state index contributed by atoms with van der Waals surface area (Å²) in [5.74, 6) is 0.677. The molecule has 100 valence electrons. The van der Waals surface area contributed by atoms with E-state index in [-0.39, 0.29) is 10.9 Å². The average molecular weight is 282 g/mol. The highest BCUT2D eigenvalue weighted by molar-refractivity contribution is 6.32. The van der Waals surface area contributed by atoms with Crippen molar-refractivity contribution in [3.05, 3.63) is 40.9 Å². The molecule has 2 aromatic rings. The zero-order valence-electron chi connectivity index (χ0n) is 10.5. The van der Waals surface area contributed by atoms with Crippen LogP contribution >= 0.6 is 11.6 Å². The highest BCUT2D eigenvalue weighted by atomic mass is 35.5. The second kappa shape index (κ2) is 5.40. The van der Waals surface area contributed by atoms with Crippen LogP contribution in [0.1, 0.15) is 25.3 Å². The first-order chi connectivity index (χ1) is 8.99. The minimum atomic E-state index is -0.427. The molecule has 0 spiro atoms. The highest BCUT2D eigenvalue weighted by Crippen LogP contribution is 2.34. The molecular weight excluding hydrogens is 269 g/mol. The Balaban J connectivity index is 2.41. The predicted octanol–water partition coefficient (Wildman–Crippen LogP) is 3.77. The number of hydrogen-bond donors (Lipinski definition) is 1. The molecule has 0 unspecified atom stereocenters. The van der Waals surface area contributed by atoms with E-state index in [4.69, 9.17) is 22.1 Å². The Morgan fingerprint density at radius 2 is 2.05 bits per heavy atom. The minimum Gasteiger partial charge on any atom is -0.437 e. The molecule has 4 nitrogen and oxygen atoms in total. The van der Waals surface area contributed by atoms with Crippen LogP contribution in [-0.2, 0) is 0 Å². The lowest BCUT2D eigenvalue weighted by Crippen LogP contribution is -2.04. The summed E-state index contributed by atoms with van der Waals surface area (Å²) in [5, 5.41) is 0.173. The van der Waals surface area contributed by atoms with Crippen molar-refractivity contribution >= 4 is 17.4 Å². The molecule has 0 atom stereocenters. The fourth-order valence-corrected chi connectivity index (χ4v) is 1.88. The van der Waals surface area contributed by atoms with E-state index < -0.39 is 5.82 Å². The second-order valence-electron chi connectivity index (χ2n) is 4.31. The van der Waals surface area contributed by atoms with E-state index in [1.165, 1.54) is 24.5 Å². The zero-order chi connectivity index (χ0) is 14.0. The molecule has 0 amide bonds. The smallest absolute Gasteiger partial charge is 0.227 e. The van der Waals surface area contributed by atoms with E-state index in [2.05, 4.69) is 9.97 Å². The summed E-state index contributed by atoms with van der Waals surface area (Å²) < 4.78 is 18.6. The molecule has 1 aromatic carbocycles. The van der Waals surface area contributed by atoms with Crippen molar-refractivity contribution in [2.45, 2.75) is 19.8 Å². The van der Waals surface area contributed by atoms with Gasteiger partial charge in [-0.1, -0.05) is 25.4 Å². The van der Waals surface area contributed by atoms with Crippen LogP contribution in [0.5, 0.6) is 11.6 Å². The van der Waals surface area contributed by atoms with Gasteiger partial charge in [0.05, 0.1) is 10.6 Å². The molecule has 0 radical (unpaired) electrons.